The van der Waals surface area contributed by atoms with Gasteiger partial charge in [-0.2, -0.15) is 13.2 Å². The minimum absolute atomic E-state index is 0.0253. The molecule has 0 saturated heterocycles. The molecule has 1 amide bonds. The minimum atomic E-state index is -4.56. The van der Waals surface area contributed by atoms with Crippen LogP contribution in [0.25, 0.3) is 10.9 Å². The Labute approximate surface area is 161 Å². The van der Waals surface area contributed by atoms with Crippen LogP contribution in [-0.4, -0.2) is 28.7 Å². The summed E-state index contributed by atoms with van der Waals surface area (Å²) < 4.78 is 42.2. The topological polar surface area (TPSA) is 54.3 Å². The van der Waals surface area contributed by atoms with Crippen molar-refractivity contribution in [3.8, 4) is 0 Å². The largest absolute Gasteiger partial charge is 0.417 e. The number of nitrogens with one attached hydrogen (secondary N) is 1. The molecule has 152 valence electrons. The third kappa shape index (κ3) is 3.41. The average Bonchev–Trinajstić information content (AvgIpc) is 3.06. The summed E-state index contributed by atoms with van der Waals surface area (Å²) in [5, 5.41) is 12.1. The van der Waals surface area contributed by atoms with Gasteiger partial charge in [0, 0.05) is 30.2 Å². The number of hydrogen-bond acceptors (Lipinski definition) is 2. The number of carbonyl (C=O) groups is 1. The maximum atomic E-state index is 13.6. The van der Waals surface area contributed by atoms with Gasteiger partial charge < -0.3 is 15.0 Å². The van der Waals surface area contributed by atoms with Crippen LogP contribution in [0.2, 0.25) is 0 Å². The van der Waals surface area contributed by atoms with Gasteiger partial charge in [0.2, 0.25) is 0 Å². The predicted molar refractivity (Wildman–Crippen MR) is 100.0 cm³/mol. The predicted octanol–water partition coefficient (Wildman–Crippen LogP) is 4.35. The van der Waals surface area contributed by atoms with Crippen molar-refractivity contribution in [2.75, 3.05) is 13.2 Å². The lowest BCUT2D eigenvalue weighted by atomic mass is 9.61. The second-order valence-corrected chi connectivity index (χ2v) is 8.32. The highest BCUT2D eigenvalue weighted by Gasteiger charge is 2.41. The molecule has 3 aliphatic carbocycles. The molecule has 4 nitrogen and oxygen atoms in total. The molecule has 2 bridgehead atoms. The van der Waals surface area contributed by atoms with Crippen molar-refractivity contribution >= 4 is 16.8 Å². The number of halogens is 3. The number of amides is 1. The summed E-state index contributed by atoms with van der Waals surface area (Å²) in [4.78, 5) is 12.9. The third-order valence-corrected chi connectivity index (χ3v) is 6.67. The first-order chi connectivity index (χ1) is 13.3. The number of nitrogens with zero attached hydrogens (tertiary/aromatic N) is 1. The van der Waals surface area contributed by atoms with E-state index < -0.39 is 17.6 Å². The van der Waals surface area contributed by atoms with E-state index in [1.165, 1.54) is 36.1 Å². The summed E-state index contributed by atoms with van der Waals surface area (Å²) in [6.45, 7) is 0.432. The fraction of sp³-hybridized carbons (Fsp3) is 0.571. The molecule has 3 fully saturated rings. The monoisotopic (exact) mass is 394 g/mol. The summed E-state index contributed by atoms with van der Waals surface area (Å²) in [5.74, 6) is 0.337. The lowest BCUT2D eigenvalue weighted by Crippen LogP contribution is -2.43. The molecular weight excluding hydrogens is 369 g/mol. The van der Waals surface area contributed by atoms with Gasteiger partial charge in [0.1, 0.15) is 0 Å². The van der Waals surface area contributed by atoms with Crippen LogP contribution in [0.1, 0.15) is 54.4 Å². The summed E-state index contributed by atoms with van der Waals surface area (Å²) in [7, 11) is 0. The second-order valence-electron chi connectivity index (χ2n) is 8.32. The summed E-state index contributed by atoms with van der Waals surface area (Å²) in [6.07, 6.45) is 3.67. The molecule has 2 aromatic rings. The van der Waals surface area contributed by atoms with Gasteiger partial charge in [-0.05, 0) is 62.0 Å². The van der Waals surface area contributed by atoms with E-state index in [0.717, 1.165) is 31.2 Å². The number of aliphatic hydroxyl groups excluding tert-OH is 1. The first-order valence-corrected chi connectivity index (χ1v) is 9.91. The maximum absolute atomic E-state index is 13.6. The number of fused-ring (bicyclic) bond motifs is 4. The Morgan fingerprint density at radius 3 is 2.50 bits per heavy atom. The second kappa shape index (κ2) is 7.10. The molecule has 5 rings (SSSR count). The first kappa shape index (κ1) is 19.3. The van der Waals surface area contributed by atoms with Gasteiger partial charge in [-0.3, -0.25) is 4.79 Å². The van der Waals surface area contributed by atoms with E-state index in [1.54, 1.807) is 6.07 Å². The number of alkyl halides is 3. The zero-order valence-corrected chi connectivity index (χ0v) is 15.7. The summed E-state index contributed by atoms with van der Waals surface area (Å²) in [5.41, 5.74) is -0.383. The van der Waals surface area contributed by atoms with Gasteiger partial charge in [-0.15, -0.1) is 0 Å². The molecule has 3 aliphatic rings. The van der Waals surface area contributed by atoms with Crippen molar-refractivity contribution in [1.82, 2.24) is 9.88 Å². The Balaban J connectivity index is 1.66. The number of aromatic nitrogens is 1. The van der Waals surface area contributed by atoms with Gasteiger partial charge in [0.15, 0.2) is 0 Å². The van der Waals surface area contributed by atoms with E-state index in [9.17, 15) is 23.1 Å². The Bertz CT molecular complexity index is 866. The van der Waals surface area contributed by atoms with E-state index in [1.807, 2.05) is 0 Å². The molecule has 7 heteroatoms. The Morgan fingerprint density at radius 1 is 1.21 bits per heavy atom. The maximum Gasteiger partial charge on any atom is 0.417 e. The number of benzene rings is 1. The zero-order valence-electron chi connectivity index (χ0n) is 15.7. The average molecular weight is 394 g/mol. The quantitative estimate of drug-likeness (QED) is 0.792. The molecule has 3 saturated carbocycles. The molecule has 0 radical (unpaired) electrons. The van der Waals surface area contributed by atoms with Crippen molar-refractivity contribution in [2.45, 2.75) is 51.2 Å². The van der Waals surface area contributed by atoms with Crippen molar-refractivity contribution < 1.29 is 23.1 Å². The molecule has 2 N–H and O–H groups in total. The molecule has 0 aliphatic heterocycles. The highest BCUT2D eigenvalue weighted by Crippen LogP contribution is 2.49. The highest BCUT2D eigenvalue weighted by molar-refractivity contribution is 6.08. The normalized spacial score (nSPS) is 24.6. The van der Waals surface area contributed by atoms with Crippen LogP contribution in [0.3, 0.4) is 0 Å². The fourth-order valence-electron chi connectivity index (χ4n) is 5.02. The minimum Gasteiger partial charge on any atom is -0.395 e. The Hall–Kier alpha value is -2.02. The lowest BCUT2D eigenvalue weighted by molar-refractivity contribution is -0.136. The number of carbonyl (C=O) groups excluding carboxylic acids is 1. The standard InChI is InChI=1S/C21H25F3N2O2/c22-21(23,24)16-2-1-3-17-18(16)15(12-26(17)10-11-27)19(28)25-13-20-7-4-14(5-8-20)6-9-20/h1-3,12,14,27H,4-11,13H2,(H,25,28). The number of hydrogen-bond donors (Lipinski definition) is 2. The molecule has 0 spiro atoms. The van der Waals surface area contributed by atoms with E-state index in [2.05, 4.69) is 5.32 Å². The summed E-state index contributed by atoms with van der Waals surface area (Å²) in [6, 6.07) is 3.89. The van der Waals surface area contributed by atoms with Crippen LogP contribution in [0, 0.1) is 11.3 Å². The van der Waals surface area contributed by atoms with E-state index >= 15 is 0 Å². The lowest BCUT2D eigenvalue weighted by Gasteiger charge is -2.46. The molecular formula is C21H25F3N2O2. The van der Waals surface area contributed by atoms with Crippen LogP contribution in [0.4, 0.5) is 13.2 Å². The number of aliphatic hydroxyl groups is 1. The van der Waals surface area contributed by atoms with Crippen LogP contribution in [-0.2, 0) is 12.7 Å². The third-order valence-electron chi connectivity index (χ3n) is 6.67. The van der Waals surface area contributed by atoms with Gasteiger partial charge in [-0.1, -0.05) is 6.07 Å². The number of rotatable bonds is 5. The van der Waals surface area contributed by atoms with Gasteiger partial charge in [0.05, 0.1) is 17.7 Å². The van der Waals surface area contributed by atoms with Crippen LogP contribution in [0.5, 0.6) is 0 Å². The van der Waals surface area contributed by atoms with Crippen LogP contribution < -0.4 is 5.32 Å². The molecule has 28 heavy (non-hydrogen) atoms. The smallest absolute Gasteiger partial charge is 0.395 e. The molecule has 1 aromatic heterocycles. The van der Waals surface area contributed by atoms with Crippen molar-refractivity contribution in [1.29, 1.82) is 0 Å². The zero-order chi connectivity index (χ0) is 19.9. The van der Waals surface area contributed by atoms with Gasteiger partial charge >= 0.3 is 6.18 Å². The molecule has 1 heterocycles. The van der Waals surface area contributed by atoms with Crippen molar-refractivity contribution in [3.05, 3.63) is 35.5 Å². The van der Waals surface area contributed by atoms with Gasteiger partial charge in [-0.25, -0.2) is 0 Å². The molecule has 0 atom stereocenters. The SMILES string of the molecule is O=C(NCC12CCC(CC1)CC2)c1cn(CCO)c2cccc(C(F)(F)F)c12. The van der Waals surface area contributed by atoms with Crippen LogP contribution in [0.15, 0.2) is 24.4 Å². The van der Waals surface area contributed by atoms with E-state index in [4.69, 9.17) is 0 Å². The summed E-state index contributed by atoms with van der Waals surface area (Å²) >= 11 is 0. The highest BCUT2D eigenvalue weighted by atomic mass is 19.4. The Morgan fingerprint density at radius 2 is 1.89 bits per heavy atom. The van der Waals surface area contributed by atoms with Crippen LogP contribution >= 0.6 is 0 Å². The Kier molecular flexibility index (Phi) is 4.89. The first-order valence-electron chi connectivity index (χ1n) is 9.91. The van der Waals surface area contributed by atoms with E-state index in [0.29, 0.717) is 12.1 Å². The molecule has 0 unspecified atom stereocenters. The van der Waals surface area contributed by atoms with Gasteiger partial charge in [0.25, 0.3) is 5.91 Å². The fourth-order valence-corrected chi connectivity index (χ4v) is 5.02. The van der Waals surface area contributed by atoms with Crippen molar-refractivity contribution in [2.24, 2.45) is 11.3 Å². The van der Waals surface area contributed by atoms with Crippen molar-refractivity contribution in [3.63, 3.8) is 0 Å². The van der Waals surface area contributed by atoms with E-state index in [-0.39, 0.29) is 29.5 Å². The molecule has 1 aromatic carbocycles.